The van der Waals surface area contributed by atoms with Crippen molar-refractivity contribution in [2.24, 2.45) is 0 Å². The SMILES string of the molecule is C[Si](C)(C)O[SiH](CCCCOc1ccccc1)O[Si](C)(C)C. The van der Waals surface area contributed by atoms with Crippen molar-refractivity contribution < 1.29 is 13.0 Å². The Kier molecular flexibility index (Phi) is 8.06. The molecule has 1 aromatic carbocycles. The van der Waals surface area contributed by atoms with Gasteiger partial charge in [0.2, 0.25) is 0 Å². The third kappa shape index (κ3) is 10.3. The van der Waals surface area contributed by atoms with Gasteiger partial charge in [0.1, 0.15) is 5.75 Å². The predicted molar refractivity (Wildman–Crippen MR) is 102 cm³/mol. The lowest BCUT2D eigenvalue weighted by Gasteiger charge is -2.30. The lowest BCUT2D eigenvalue weighted by atomic mass is 10.3. The summed E-state index contributed by atoms with van der Waals surface area (Å²) in [4.78, 5) is 0. The minimum atomic E-state index is -1.53. The zero-order chi connectivity index (χ0) is 16.6. The molecule has 0 radical (unpaired) electrons. The van der Waals surface area contributed by atoms with Crippen molar-refractivity contribution in [3.63, 3.8) is 0 Å². The lowest BCUT2D eigenvalue weighted by molar-refractivity contribution is 0.307. The summed E-state index contributed by atoms with van der Waals surface area (Å²) >= 11 is 0. The molecule has 6 heteroatoms. The fraction of sp³-hybridized carbons (Fsp3) is 0.625. The van der Waals surface area contributed by atoms with E-state index < -0.39 is 25.9 Å². The van der Waals surface area contributed by atoms with Crippen molar-refractivity contribution in [2.75, 3.05) is 6.61 Å². The first-order chi connectivity index (χ1) is 10.2. The van der Waals surface area contributed by atoms with Crippen LogP contribution in [0.1, 0.15) is 12.8 Å². The van der Waals surface area contributed by atoms with Gasteiger partial charge in [0.15, 0.2) is 16.6 Å². The van der Waals surface area contributed by atoms with E-state index in [1.165, 1.54) is 0 Å². The Morgan fingerprint density at radius 3 is 1.86 bits per heavy atom. The van der Waals surface area contributed by atoms with Gasteiger partial charge in [-0.25, -0.2) is 0 Å². The van der Waals surface area contributed by atoms with Crippen molar-refractivity contribution >= 4 is 25.9 Å². The van der Waals surface area contributed by atoms with E-state index in [1.54, 1.807) is 0 Å². The van der Waals surface area contributed by atoms with Gasteiger partial charge >= 0.3 is 9.28 Å². The van der Waals surface area contributed by atoms with Crippen molar-refractivity contribution in [1.82, 2.24) is 0 Å². The number of ether oxygens (including phenoxy) is 1. The molecule has 0 bridgehead atoms. The van der Waals surface area contributed by atoms with E-state index in [9.17, 15) is 0 Å². The highest BCUT2D eigenvalue weighted by molar-refractivity contribution is 6.81. The summed E-state index contributed by atoms with van der Waals surface area (Å²) in [5.74, 6) is 0.952. The molecule has 0 spiro atoms. The Hall–Kier alpha value is -0.409. The first-order valence-corrected chi connectivity index (χ1v) is 16.8. The smallest absolute Gasteiger partial charge is 0.300 e. The summed E-state index contributed by atoms with van der Waals surface area (Å²) < 4.78 is 18.4. The summed E-state index contributed by atoms with van der Waals surface area (Å²) in [5, 5.41) is 0. The topological polar surface area (TPSA) is 27.7 Å². The number of unbranched alkanes of at least 4 members (excludes halogenated alkanes) is 1. The van der Waals surface area contributed by atoms with Crippen LogP contribution in [0.25, 0.3) is 0 Å². The molecule has 0 aromatic heterocycles. The number of hydrogen-bond donors (Lipinski definition) is 0. The van der Waals surface area contributed by atoms with Crippen LogP contribution in [0.3, 0.4) is 0 Å². The Labute approximate surface area is 140 Å². The summed E-state index contributed by atoms with van der Waals surface area (Å²) in [5.41, 5.74) is 0. The van der Waals surface area contributed by atoms with E-state index in [2.05, 4.69) is 39.3 Å². The summed E-state index contributed by atoms with van der Waals surface area (Å²) in [6, 6.07) is 11.1. The molecule has 0 heterocycles. The molecule has 1 aromatic rings. The normalized spacial score (nSPS) is 12.7. The van der Waals surface area contributed by atoms with Gasteiger partial charge in [-0.15, -0.1) is 0 Å². The zero-order valence-electron chi connectivity index (χ0n) is 15.0. The first kappa shape index (κ1) is 19.6. The van der Waals surface area contributed by atoms with Crippen LogP contribution in [-0.4, -0.2) is 32.5 Å². The maximum atomic E-state index is 6.33. The first-order valence-electron chi connectivity index (χ1n) is 8.19. The maximum Gasteiger partial charge on any atom is 0.300 e. The molecule has 0 saturated heterocycles. The quantitative estimate of drug-likeness (QED) is 0.446. The second kappa shape index (κ2) is 9.03. The molecule has 1 rings (SSSR count). The third-order valence-corrected chi connectivity index (χ3v) is 11.5. The van der Waals surface area contributed by atoms with Crippen LogP contribution in [0, 0.1) is 0 Å². The molecule has 3 nitrogen and oxygen atoms in total. The number of hydrogen-bond acceptors (Lipinski definition) is 3. The van der Waals surface area contributed by atoms with E-state index in [0.717, 1.165) is 31.2 Å². The highest BCUT2D eigenvalue weighted by atomic mass is 28.4. The lowest BCUT2D eigenvalue weighted by Crippen LogP contribution is -2.43. The second-order valence-corrected chi connectivity index (χ2v) is 19.3. The molecule has 0 aliphatic carbocycles. The van der Waals surface area contributed by atoms with Gasteiger partial charge in [0, 0.05) is 0 Å². The Balaban J connectivity index is 2.30. The van der Waals surface area contributed by atoms with Gasteiger partial charge in [0.25, 0.3) is 0 Å². The maximum absolute atomic E-state index is 6.33. The Morgan fingerprint density at radius 2 is 1.36 bits per heavy atom. The van der Waals surface area contributed by atoms with Crippen LogP contribution in [0.2, 0.25) is 45.3 Å². The second-order valence-electron chi connectivity index (χ2n) is 7.55. The van der Waals surface area contributed by atoms with Gasteiger partial charge in [-0.05, 0) is 70.3 Å². The minimum Gasteiger partial charge on any atom is -0.494 e. The van der Waals surface area contributed by atoms with Gasteiger partial charge in [-0.3, -0.25) is 0 Å². The molecular weight excluding hydrogens is 324 g/mol. The van der Waals surface area contributed by atoms with Crippen molar-refractivity contribution in [2.45, 2.75) is 58.2 Å². The highest BCUT2D eigenvalue weighted by Gasteiger charge is 2.28. The number of benzene rings is 1. The molecule has 0 fully saturated rings. The van der Waals surface area contributed by atoms with E-state index >= 15 is 0 Å². The summed E-state index contributed by atoms with van der Waals surface area (Å²) in [6.07, 6.45) is 2.18. The molecule has 0 amide bonds. The van der Waals surface area contributed by atoms with Gasteiger partial charge in [0.05, 0.1) is 6.61 Å². The van der Waals surface area contributed by atoms with Crippen LogP contribution >= 0.6 is 0 Å². The van der Waals surface area contributed by atoms with Crippen LogP contribution in [-0.2, 0) is 8.23 Å². The van der Waals surface area contributed by atoms with Crippen molar-refractivity contribution in [3.05, 3.63) is 30.3 Å². The molecule has 0 N–H and O–H groups in total. The Bertz CT molecular complexity index is 397. The zero-order valence-corrected chi connectivity index (χ0v) is 18.2. The van der Waals surface area contributed by atoms with Gasteiger partial charge < -0.3 is 13.0 Å². The van der Waals surface area contributed by atoms with Gasteiger partial charge in [-0.1, -0.05) is 18.2 Å². The molecular formula is C16H32O3Si3. The molecule has 126 valence electrons. The standard InChI is InChI=1S/C16H32O3Si3/c1-21(2,3)18-20(19-22(4,5)6)15-11-10-14-17-16-12-8-7-9-13-16/h7-9,12-13,20H,10-11,14-15H2,1-6H3. The van der Waals surface area contributed by atoms with E-state index in [-0.39, 0.29) is 0 Å². The summed E-state index contributed by atoms with van der Waals surface area (Å²) in [7, 11) is -4.56. The van der Waals surface area contributed by atoms with E-state index in [0.29, 0.717) is 0 Å². The fourth-order valence-electron chi connectivity index (χ4n) is 2.05. The monoisotopic (exact) mass is 356 g/mol. The number of rotatable bonds is 10. The molecule has 22 heavy (non-hydrogen) atoms. The van der Waals surface area contributed by atoms with Crippen LogP contribution < -0.4 is 4.74 Å². The van der Waals surface area contributed by atoms with Crippen LogP contribution in [0.5, 0.6) is 5.75 Å². The predicted octanol–water partition coefficient (Wildman–Crippen LogP) is 4.77. The largest absolute Gasteiger partial charge is 0.494 e. The molecule has 0 aliphatic heterocycles. The fourth-order valence-corrected chi connectivity index (χ4v) is 10.6. The molecule has 0 atom stereocenters. The minimum absolute atomic E-state index is 0.769. The average Bonchev–Trinajstić information content (AvgIpc) is 2.35. The Morgan fingerprint density at radius 1 is 0.818 bits per heavy atom. The number of para-hydroxylation sites is 1. The third-order valence-electron chi connectivity index (χ3n) is 2.82. The van der Waals surface area contributed by atoms with Gasteiger partial charge in [-0.2, -0.15) is 0 Å². The van der Waals surface area contributed by atoms with Crippen LogP contribution in [0.4, 0.5) is 0 Å². The molecule has 0 aliphatic rings. The van der Waals surface area contributed by atoms with E-state index in [4.69, 9.17) is 13.0 Å². The molecule has 0 unspecified atom stereocenters. The van der Waals surface area contributed by atoms with E-state index in [1.807, 2.05) is 30.3 Å². The van der Waals surface area contributed by atoms with Crippen LogP contribution in [0.15, 0.2) is 30.3 Å². The van der Waals surface area contributed by atoms with Crippen molar-refractivity contribution in [1.29, 1.82) is 0 Å². The highest BCUT2D eigenvalue weighted by Crippen LogP contribution is 2.17. The average molecular weight is 357 g/mol. The molecule has 0 saturated carbocycles. The summed E-state index contributed by atoms with van der Waals surface area (Å²) in [6.45, 7) is 14.3. The van der Waals surface area contributed by atoms with Crippen molar-refractivity contribution in [3.8, 4) is 5.75 Å².